The molecule has 1 aromatic heterocycles. The Labute approximate surface area is 165 Å². The highest BCUT2D eigenvalue weighted by atomic mass is 16.6. The minimum Gasteiger partial charge on any atom is -0.497 e. The second-order valence-corrected chi connectivity index (χ2v) is 6.62. The normalized spacial score (nSPS) is 11.8. The molecule has 1 unspecified atom stereocenters. The van der Waals surface area contributed by atoms with Crippen molar-refractivity contribution in [2.75, 3.05) is 26.1 Å². The molecule has 2 aromatic rings. The smallest absolute Gasteiger partial charge is 0.354 e. The Balaban J connectivity index is 2.51. The molecule has 2 rings (SSSR count). The summed E-state index contributed by atoms with van der Waals surface area (Å²) < 4.78 is 16.4. The Bertz CT molecular complexity index is 831. The lowest BCUT2D eigenvalue weighted by molar-refractivity contribution is -0.385. The van der Waals surface area contributed by atoms with E-state index in [2.05, 4.69) is 10.3 Å². The summed E-state index contributed by atoms with van der Waals surface area (Å²) in [7, 11) is 3.18. The SMILES string of the molecule is CCC(COC)Nc1cc(C)nc(Oc2c(C)cc(OC)cc2C)c1[N+](=O)[O-]. The number of aryl methyl sites for hydroxylation is 3. The van der Waals surface area contributed by atoms with Crippen molar-refractivity contribution in [3.63, 3.8) is 0 Å². The summed E-state index contributed by atoms with van der Waals surface area (Å²) in [5.41, 5.74) is 2.37. The minimum absolute atomic E-state index is 0.0452. The molecule has 0 saturated heterocycles. The standard InChI is InChI=1S/C20H27N3O5/c1-7-15(11-26-5)22-17-10-14(4)21-20(18(17)23(24)25)28-19-12(2)8-16(27-6)9-13(19)3/h8-10,15H,7,11H2,1-6H3,(H,21,22). The van der Waals surface area contributed by atoms with Gasteiger partial charge in [0.05, 0.1) is 18.6 Å². The maximum atomic E-state index is 11.8. The van der Waals surface area contributed by atoms with Crippen LogP contribution < -0.4 is 14.8 Å². The molecule has 1 atom stereocenters. The molecule has 1 N–H and O–H groups in total. The van der Waals surface area contributed by atoms with Crippen molar-refractivity contribution in [3.05, 3.63) is 45.1 Å². The molecule has 1 aromatic carbocycles. The fraction of sp³-hybridized carbons (Fsp3) is 0.450. The van der Waals surface area contributed by atoms with Crippen LogP contribution >= 0.6 is 0 Å². The second-order valence-electron chi connectivity index (χ2n) is 6.62. The van der Waals surface area contributed by atoms with E-state index in [0.717, 1.165) is 17.5 Å². The molecule has 0 saturated carbocycles. The van der Waals surface area contributed by atoms with E-state index >= 15 is 0 Å². The van der Waals surface area contributed by atoms with Gasteiger partial charge in [-0.1, -0.05) is 6.92 Å². The number of pyridine rings is 1. The summed E-state index contributed by atoms with van der Waals surface area (Å²) in [5.74, 6) is 1.18. The molecule has 0 radical (unpaired) electrons. The molecular weight excluding hydrogens is 362 g/mol. The minimum atomic E-state index is -0.474. The number of nitro groups is 1. The predicted molar refractivity (Wildman–Crippen MR) is 108 cm³/mol. The topological polar surface area (TPSA) is 95.8 Å². The van der Waals surface area contributed by atoms with Crippen molar-refractivity contribution in [1.82, 2.24) is 4.98 Å². The van der Waals surface area contributed by atoms with E-state index in [4.69, 9.17) is 14.2 Å². The van der Waals surface area contributed by atoms with Crippen molar-refractivity contribution >= 4 is 11.4 Å². The molecule has 0 aliphatic carbocycles. The van der Waals surface area contributed by atoms with Crippen LogP contribution in [0.3, 0.4) is 0 Å². The highest BCUT2D eigenvalue weighted by Crippen LogP contribution is 2.39. The Morgan fingerprint density at radius 2 is 1.82 bits per heavy atom. The summed E-state index contributed by atoms with van der Waals surface area (Å²) in [6, 6.07) is 5.21. The van der Waals surface area contributed by atoms with E-state index in [0.29, 0.717) is 29.5 Å². The molecule has 0 amide bonds. The van der Waals surface area contributed by atoms with Gasteiger partial charge in [0.15, 0.2) is 0 Å². The van der Waals surface area contributed by atoms with Crippen LogP contribution in [0.2, 0.25) is 0 Å². The monoisotopic (exact) mass is 389 g/mol. The molecule has 8 heteroatoms. The van der Waals surface area contributed by atoms with E-state index < -0.39 is 4.92 Å². The first-order valence-corrected chi connectivity index (χ1v) is 9.05. The number of benzene rings is 1. The van der Waals surface area contributed by atoms with Crippen molar-refractivity contribution in [3.8, 4) is 17.4 Å². The van der Waals surface area contributed by atoms with E-state index in [1.165, 1.54) is 0 Å². The van der Waals surface area contributed by atoms with E-state index in [1.54, 1.807) is 27.2 Å². The van der Waals surface area contributed by atoms with Gasteiger partial charge >= 0.3 is 11.6 Å². The van der Waals surface area contributed by atoms with Crippen LogP contribution in [-0.4, -0.2) is 36.8 Å². The predicted octanol–water partition coefficient (Wildman–Crippen LogP) is 4.55. The largest absolute Gasteiger partial charge is 0.497 e. The van der Waals surface area contributed by atoms with Crippen molar-refractivity contribution in [2.45, 2.75) is 40.2 Å². The number of hydrogen-bond donors (Lipinski definition) is 1. The van der Waals surface area contributed by atoms with Gasteiger partial charge in [0.2, 0.25) is 0 Å². The van der Waals surface area contributed by atoms with Crippen LogP contribution in [0.4, 0.5) is 11.4 Å². The fourth-order valence-corrected chi connectivity index (χ4v) is 2.96. The van der Waals surface area contributed by atoms with Crippen LogP contribution in [0.5, 0.6) is 17.4 Å². The van der Waals surface area contributed by atoms with Gasteiger partial charge in [0.1, 0.15) is 17.2 Å². The molecule has 152 valence electrons. The zero-order chi connectivity index (χ0) is 20.8. The van der Waals surface area contributed by atoms with Crippen LogP contribution in [0.25, 0.3) is 0 Å². The molecule has 0 spiro atoms. The number of aromatic nitrogens is 1. The fourth-order valence-electron chi connectivity index (χ4n) is 2.96. The van der Waals surface area contributed by atoms with Gasteiger partial charge in [0.25, 0.3) is 0 Å². The summed E-state index contributed by atoms with van der Waals surface area (Å²) >= 11 is 0. The first-order valence-electron chi connectivity index (χ1n) is 9.05. The average Bonchev–Trinajstić information content (AvgIpc) is 2.63. The first-order chi connectivity index (χ1) is 13.3. The van der Waals surface area contributed by atoms with Gasteiger partial charge in [-0.2, -0.15) is 0 Å². The van der Waals surface area contributed by atoms with Gasteiger partial charge in [-0.25, -0.2) is 4.98 Å². The summed E-state index contributed by atoms with van der Waals surface area (Å²) in [6.07, 6.45) is 0.749. The number of ether oxygens (including phenoxy) is 3. The number of rotatable bonds is 9. The highest BCUT2D eigenvalue weighted by molar-refractivity contribution is 5.68. The Kier molecular flexibility index (Phi) is 7.17. The van der Waals surface area contributed by atoms with Crippen LogP contribution in [0.1, 0.15) is 30.2 Å². The third-order valence-corrected chi connectivity index (χ3v) is 4.36. The van der Waals surface area contributed by atoms with Gasteiger partial charge in [-0.05, 0) is 56.5 Å². The van der Waals surface area contributed by atoms with Crippen molar-refractivity contribution < 1.29 is 19.1 Å². The third-order valence-electron chi connectivity index (χ3n) is 4.36. The first kappa shape index (κ1) is 21.4. The number of nitrogens with zero attached hydrogens (tertiary/aromatic N) is 2. The number of nitrogens with one attached hydrogen (secondary N) is 1. The zero-order valence-corrected chi connectivity index (χ0v) is 17.2. The van der Waals surface area contributed by atoms with E-state index in [9.17, 15) is 10.1 Å². The van der Waals surface area contributed by atoms with Crippen molar-refractivity contribution in [1.29, 1.82) is 0 Å². The number of anilines is 1. The maximum absolute atomic E-state index is 11.8. The number of hydrogen-bond acceptors (Lipinski definition) is 7. The Morgan fingerprint density at radius 3 is 2.32 bits per heavy atom. The molecule has 0 fully saturated rings. The highest BCUT2D eigenvalue weighted by Gasteiger charge is 2.27. The number of methoxy groups -OCH3 is 2. The van der Waals surface area contributed by atoms with Crippen LogP contribution in [-0.2, 0) is 4.74 Å². The van der Waals surface area contributed by atoms with E-state index in [-0.39, 0.29) is 17.6 Å². The molecule has 0 aliphatic heterocycles. The maximum Gasteiger partial charge on any atom is 0.354 e. The third kappa shape index (κ3) is 4.89. The molecule has 8 nitrogen and oxygen atoms in total. The summed E-state index contributed by atoms with van der Waals surface area (Å²) in [4.78, 5) is 15.6. The molecule has 1 heterocycles. The Morgan fingerprint density at radius 1 is 1.18 bits per heavy atom. The van der Waals surface area contributed by atoms with Gasteiger partial charge in [-0.3, -0.25) is 10.1 Å². The van der Waals surface area contributed by atoms with Gasteiger partial charge in [-0.15, -0.1) is 0 Å². The zero-order valence-electron chi connectivity index (χ0n) is 17.2. The van der Waals surface area contributed by atoms with E-state index in [1.807, 2.05) is 32.9 Å². The quantitative estimate of drug-likeness (QED) is 0.496. The average molecular weight is 389 g/mol. The molecule has 28 heavy (non-hydrogen) atoms. The second kappa shape index (κ2) is 9.36. The lowest BCUT2D eigenvalue weighted by Crippen LogP contribution is -2.24. The Hall–Kier alpha value is -2.87. The lowest BCUT2D eigenvalue weighted by atomic mass is 10.1. The summed E-state index contributed by atoms with van der Waals surface area (Å²) in [5, 5.41) is 15.0. The van der Waals surface area contributed by atoms with Gasteiger partial charge < -0.3 is 19.5 Å². The molecule has 0 bridgehead atoms. The van der Waals surface area contributed by atoms with Crippen LogP contribution in [0, 0.1) is 30.9 Å². The van der Waals surface area contributed by atoms with Gasteiger partial charge in [0, 0.05) is 18.8 Å². The van der Waals surface area contributed by atoms with Crippen molar-refractivity contribution in [2.24, 2.45) is 0 Å². The lowest BCUT2D eigenvalue weighted by Gasteiger charge is -2.19. The molecule has 0 aliphatic rings. The summed E-state index contributed by atoms with van der Waals surface area (Å²) in [6.45, 7) is 7.90. The molecular formula is C20H27N3O5. The van der Waals surface area contributed by atoms with Crippen LogP contribution in [0.15, 0.2) is 18.2 Å².